The molecule has 1 amide bonds. The molecule has 3 unspecified atom stereocenters. The van der Waals surface area contributed by atoms with Crippen LogP contribution in [0.15, 0.2) is 60.7 Å². The van der Waals surface area contributed by atoms with E-state index >= 15 is 0 Å². The number of anilines is 1. The SMILES string of the molecule is C#CCc1ccc(Oc2ccc(NC(=O)C(C)CC(Cc3ccc(Cl)s3)CC(C)C(=O)CN(N)CC=N)cc2)cc1. The smallest absolute Gasteiger partial charge is 0.227 e. The number of carbonyl (C=O) groups is 2. The summed E-state index contributed by atoms with van der Waals surface area (Å²) >= 11 is 7.67. The number of thiophene rings is 1. The second-order valence-corrected chi connectivity index (χ2v) is 12.1. The third-order valence-electron chi connectivity index (χ3n) is 6.76. The predicted octanol–water partition coefficient (Wildman–Crippen LogP) is 6.61. The fraction of sp³-hybridized carbons (Fsp3) is 0.344. The Hall–Kier alpha value is -3.48. The number of nitrogens with one attached hydrogen (secondary N) is 2. The monoisotopic (exact) mass is 592 g/mol. The van der Waals surface area contributed by atoms with Crippen LogP contribution in [0.1, 0.15) is 37.1 Å². The fourth-order valence-electron chi connectivity index (χ4n) is 4.59. The van der Waals surface area contributed by atoms with E-state index in [1.54, 1.807) is 0 Å². The van der Waals surface area contributed by atoms with Gasteiger partial charge in [-0.05, 0) is 79.3 Å². The molecule has 0 aliphatic rings. The first-order chi connectivity index (χ1) is 19.7. The number of ketones is 1. The van der Waals surface area contributed by atoms with E-state index in [4.69, 9.17) is 34.0 Å². The number of ether oxygens (including phenoxy) is 1. The maximum absolute atomic E-state index is 13.1. The third kappa shape index (κ3) is 10.8. The van der Waals surface area contributed by atoms with Crippen LogP contribution in [0.3, 0.4) is 0 Å². The van der Waals surface area contributed by atoms with E-state index in [2.05, 4.69) is 11.2 Å². The lowest BCUT2D eigenvalue weighted by molar-refractivity contribution is -0.124. The van der Waals surface area contributed by atoms with Crippen LogP contribution in [0.5, 0.6) is 11.5 Å². The highest BCUT2D eigenvalue weighted by Crippen LogP contribution is 2.30. The summed E-state index contributed by atoms with van der Waals surface area (Å²) in [5, 5.41) is 11.5. The molecule has 0 saturated heterocycles. The molecule has 3 atom stereocenters. The molecule has 1 heterocycles. The lowest BCUT2D eigenvalue weighted by atomic mass is 9.84. The van der Waals surface area contributed by atoms with Crippen molar-refractivity contribution in [1.82, 2.24) is 5.01 Å². The standard InChI is InChI=1S/C32H37ClN4O3S/c1-4-5-24-6-10-27(11-7-24)40-28-12-8-26(9-13-28)36-32(39)23(3)19-25(20-29-14-15-31(33)41-29)18-22(2)30(38)21-37(35)17-16-34/h1,6-16,22-23,25,34H,5,17-21,35H2,2-3H3,(H,36,39). The Morgan fingerprint density at radius 1 is 1.07 bits per heavy atom. The first kappa shape index (κ1) is 32.0. The number of benzene rings is 2. The second kappa shape index (κ2) is 16.1. The summed E-state index contributed by atoms with van der Waals surface area (Å²) in [4.78, 5) is 27.0. The van der Waals surface area contributed by atoms with Gasteiger partial charge >= 0.3 is 0 Å². The van der Waals surface area contributed by atoms with Crippen molar-refractivity contribution in [3.05, 3.63) is 75.4 Å². The number of nitrogens with two attached hydrogens (primary N) is 1. The van der Waals surface area contributed by atoms with Gasteiger partial charge in [-0.3, -0.25) is 15.4 Å². The van der Waals surface area contributed by atoms with E-state index in [0.717, 1.165) is 16.9 Å². The minimum atomic E-state index is -0.279. The number of hydrogen-bond acceptors (Lipinski definition) is 7. The minimum Gasteiger partial charge on any atom is -0.457 e. The average molecular weight is 593 g/mol. The topological polar surface area (TPSA) is 109 Å². The van der Waals surface area contributed by atoms with E-state index in [0.29, 0.717) is 40.8 Å². The molecule has 0 radical (unpaired) electrons. The van der Waals surface area contributed by atoms with Crippen molar-refractivity contribution in [2.24, 2.45) is 23.6 Å². The Labute approximate surface area is 251 Å². The van der Waals surface area contributed by atoms with Crippen LogP contribution in [-0.2, 0) is 22.4 Å². The van der Waals surface area contributed by atoms with Crippen molar-refractivity contribution in [1.29, 1.82) is 5.41 Å². The maximum Gasteiger partial charge on any atom is 0.227 e. The molecule has 3 rings (SSSR count). The van der Waals surface area contributed by atoms with Crippen molar-refractivity contribution >= 4 is 46.5 Å². The number of nitrogens with zero attached hydrogens (tertiary/aromatic N) is 1. The van der Waals surface area contributed by atoms with Gasteiger partial charge in [-0.15, -0.1) is 23.7 Å². The summed E-state index contributed by atoms with van der Waals surface area (Å²) in [6, 6.07) is 18.7. The number of hydrogen-bond donors (Lipinski definition) is 3. The Kier molecular flexibility index (Phi) is 12.6. The molecule has 41 heavy (non-hydrogen) atoms. The average Bonchev–Trinajstić information content (AvgIpc) is 3.35. The molecule has 9 heteroatoms. The number of amides is 1. The van der Waals surface area contributed by atoms with Gasteiger partial charge in [0.25, 0.3) is 0 Å². The molecule has 0 saturated carbocycles. The molecule has 0 spiro atoms. The molecule has 0 bridgehead atoms. The molecular weight excluding hydrogens is 556 g/mol. The van der Waals surface area contributed by atoms with Gasteiger partial charge in [0.05, 0.1) is 10.9 Å². The summed E-state index contributed by atoms with van der Waals surface area (Å²) in [5.41, 5.74) is 1.73. The van der Waals surface area contributed by atoms with Crippen LogP contribution in [0.25, 0.3) is 0 Å². The van der Waals surface area contributed by atoms with E-state index in [1.807, 2.05) is 74.5 Å². The number of rotatable bonds is 16. The predicted molar refractivity (Wildman–Crippen MR) is 168 cm³/mol. The molecule has 0 aliphatic heterocycles. The first-order valence-electron chi connectivity index (χ1n) is 13.5. The fourth-order valence-corrected chi connectivity index (χ4v) is 5.79. The summed E-state index contributed by atoms with van der Waals surface area (Å²) in [5.74, 6) is 9.32. The van der Waals surface area contributed by atoms with Crippen LogP contribution in [-0.4, -0.2) is 36.0 Å². The molecule has 1 aromatic heterocycles. The largest absolute Gasteiger partial charge is 0.457 e. The Bertz CT molecular complexity index is 1330. The number of halogens is 1. The van der Waals surface area contributed by atoms with E-state index in [9.17, 15) is 9.59 Å². The van der Waals surface area contributed by atoms with E-state index in [-0.39, 0.29) is 42.5 Å². The molecule has 0 fully saturated rings. The normalized spacial score (nSPS) is 13.2. The van der Waals surface area contributed by atoms with E-state index < -0.39 is 0 Å². The van der Waals surface area contributed by atoms with Crippen molar-refractivity contribution in [3.8, 4) is 23.8 Å². The highest BCUT2D eigenvalue weighted by atomic mass is 35.5. The van der Waals surface area contributed by atoms with Gasteiger partial charge < -0.3 is 15.5 Å². The number of terminal acetylenes is 1. The summed E-state index contributed by atoms with van der Waals surface area (Å²) in [6.07, 6.45) is 9.07. The van der Waals surface area contributed by atoms with Gasteiger partial charge in [-0.1, -0.05) is 37.6 Å². The van der Waals surface area contributed by atoms with Crippen molar-refractivity contribution < 1.29 is 14.3 Å². The zero-order chi connectivity index (χ0) is 29.8. The van der Waals surface area contributed by atoms with Gasteiger partial charge in [0, 0.05) is 41.6 Å². The minimum absolute atomic E-state index is 0.0199. The van der Waals surface area contributed by atoms with Gasteiger partial charge in [0.15, 0.2) is 5.78 Å². The van der Waals surface area contributed by atoms with Gasteiger partial charge in [-0.25, -0.2) is 5.01 Å². The molecule has 7 nitrogen and oxygen atoms in total. The molecule has 2 aromatic carbocycles. The summed E-state index contributed by atoms with van der Waals surface area (Å²) in [7, 11) is 0. The van der Waals surface area contributed by atoms with Gasteiger partial charge in [0.2, 0.25) is 5.91 Å². The molecule has 3 aromatic rings. The lowest BCUT2D eigenvalue weighted by Crippen LogP contribution is -2.39. The van der Waals surface area contributed by atoms with Crippen molar-refractivity contribution in [2.75, 3.05) is 18.4 Å². The number of Topliss-reactive ketones (excluding diaryl/α,β-unsaturated/α-hetero) is 1. The van der Waals surface area contributed by atoms with Crippen LogP contribution in [0.2, 0.25) is 4.34 Å². The summed E-state index contributed by atoms with van der Waals surface area (Å²) in [6.45, 7) is 4.11. The quantitative estimate of drug-likeness (QED) is 0.0750. The first-order valence-corrected chi connectivity index (χ1v) is 14.7. The van der Waals surface area contributed by atoms with E-state index in [1.165, 1.54) is 22.6 Å². The summed E-state index contributed by atoms with van der Waals surface area (Å²) < 4.78 is 6.62. The highest BCUT2D eigenvalue weighted by Gasteiger charge is 2.25. The van der Waals surface area contributed by atoms with Crippen molar-refractivity contribution in [3.63, 3.8) is 0 Å². The molecular formula is C32H37ClN4O3S. The van der Waals surface area contributed by atoms with Crippen LogP contribution >= 0.6 is 22.9 Å². The van der Waals surface area contributed by atoms with Crippen LogP contribution in [0.4, 0.5) is 5.69 Å². The Balaban J connectivity index is 1.58. The van der Waals surface area contributed by atoms with Gasteiger partial charge in [-0.2, -0.15) is 0 Å². The molecule has 216 valence electrons. The number of hydrazine groups is 1. The highest BCUT2D eigenvalue weighted by molar-refractivity contribution is 7.16. The third-order valence-corrected chi connectivity index (χ3v) is 8.02. The molecule has 0 aliphatic carbocycles. The molecule has 4 N–H and O–H groups in total. The number of carbonyl (C=O) groups excluding carboxylic acids is 2. The maximum atomic E-state index is 13.1. The van der Waals surface area contributed by atoms with Crippen LogP contribution < -0.4 is 15.9 Å². The zero-order valence-electron chi connectivity index (χ0n) is 23.4. The zero-order valence-corrected chi connectivity index (χ0v) is 25.0. The van der Waals surface area contributed by atoms with Crippen molar-refractivity contribution in [2.45, 2.75) is 39.5 Å². The van der Waals surface area contributed by atoms with Gasteiger partial charge in [0.1, 0.15) is 11.5 Å². The lowest BCUT2D eigenvalue weighted by Gasteiger charge is -2.24. The van der Waals surface area contributed by atoms with Crippen LogP contribution in [0, 0.1) is 35.5 Å². The Morgan fingerprint density at radius 2 is 1.71 bits per heavy atom. The Morgan fingerprint density at radius 3 is 2.29 bits per heavy atom. The second-order valence-electron chi connectivity index (χ2n) is 10.3.